The van der Waals surface area contributed by atoms with Crippen LogP contribution < -0.4 is 16.4 Å². The Hall–Kier alpha value is -1.78. The third-order valence-electron chi connectivity index (χ3n) is 2.45. The number of nitrogens with one attached hydrogen (secondary N) is 2. The molecule has 0 radical (unpaired) electrons. The number of aromatic nitrogens is 1. The Balaban J connectivity index is 1.97. The summed E-state index contributed by atoms with van der Waals surface area (Å²) in [6, 6.07) is 3.82. The van der Waals surface area contributed by atoms with Crippen LogP contribution in [0.15, 0.2) is 18.3 Å². The molecule has 1 aliphatic heterocycles. The number of carbonyl (C=O) groups excluding carboxylic acids is 1. The van der Waals surface area contributed by atoms with Crippen LogP contribution in [0.2, 0.25) is 0 Å². The molecule has 5 nitrogen and oxygen atoms in total. The van der Waals surface area contributed by atoms with Crippen molar-refractivity contribution >= 4 is 17.4 Å². The fraction of sp³-hybridized carbons (Fsp3) is 0.400. The van der Waals surface area contributed by atoms with Crippen molar-refractivity contribution in [1.82, 2.24) is 10.3 Å². The quantitative estimate of drug-likeness (QED) is 0.652. The number of nitrogens with zero attached hydrogens (tertiary/aromatic N) is 1. The molecule has 15 heavy (non-hydrogen) atoms. The van der Waals surface area contributed by atoms with Crippen LogP contribution in [-0.4, -0.2) is 23.5 Å². The summed E-state index contributed by atoms with van der Waals surface area (Å²) in [6.07, 6.45) is 3.08. The van der Waals surface area contributed by atoms with Crippen LogP contribution in [0.5, 0.6) is 0 Å². The van der Waals surface area contributed by atoms with Gasteiger partial charge < -0.3 is 16.4 Å². The van der Waals surface area contributed by atoms with Gasteiger partial charge in [0.05, 0.1) is 5.69 Å². The first-order valence-corrected chi connectivity index (χ1v) is 4.99. The summed E-state index contributed by atoms with van der Waals surface area (Å²) in [7, 11) is 0. The lowest BCUT2D eigenvalue weighted by Gasteiger charge is -2.24. The van der Waals surface area contributed by atoms with Crippen molar-refractivity contribution in [3.05, 3.63) is 18.3 Å². The standard InChI is InChI=1S/C10H14N4O/c11-8-2-1-5-12-10(8)14-7-3-4-9(15)13-6-7/h1-2,5,7H,3-4,6,11H2,(H,12,14)(H,13,15). The van der Waals surface area contributed by atoms with E-state index in [9.17, 15) is 4.79 Å². The van der Waals surface area contributed by atoms with Crippen LogP contribution in [-0.2, 0) is 4.79 Å². The van der Waals surface area contributed by atoms with E-state index in [0.29, 0.717) is 24.5 Å². The highest BCUT2D eigenvalue weighted by molar-refractivity contribution is 5.77. The van der Waals surface area contributed by atoms with E-state index in [-0.39, 0.29) is 11.9 Å². The van der Waals surface area contributed by atoms with Gasteiger partial charge in [-0.3, -0.25) is 4.79 Å². The second kappa shape index (κ2) is 4.16. The van der Waals surface area contributed by atoms with Crippen molar-refractivity contribution in [3.63, 3.8) is 0 Å². The minimum Gasteiger partial charge on any atom is -0.396 e. The molecule has 1 aromatic heterocycles. The highest BCUT2D eigenvalue weighted by Gasteiger charge is 2.18. The van der Waals surface area contributed by atoms with Crippen LogP contribution >= 0.6 is 0 Å². The summed E-state index contributed by atoms with van der Waals surface area (Å²) in [4.78, 5) is 15.1. The van der Waals surface area contributed by atoms with Crippen LogP contribution in [0.1, 0.15) is 12.8 Å². The minimum absolute atomic E-state index is 0.113. The molecular weight excluding hydrogens is 192 g/mol. The maximum absolute atomic E-state index is 10.9. The Morgan fingerprint density at radius 3 is 3.13 bits per heavy atom. The summed E-state index contributed by atoms with van der Waals surface area (Å²) in [5.41, 5.74) is 6.39. The van der Waals surface area contributed by atoms with E-state index in [1.807, 2.05) is 0 Å². The molecule has 1 aromatic rings. The van der Waals surface area contributed by atoms with Gasteiger partial charge in [-0.25, -0.2) is 4.98 Å². The van der Waals surface area contributed by atoms with E-state index < -0.39 is 0 Å². The van der Waals surface area contributed by atoms with Gasteiger partial charge in [0.25, 0.3) is 0 Å². The van der Waals surface area contributed by atoms with Crippen LogP contribution in [0.25, 0.3) is 0 Å². The number of piperidine rings is 1. The Kier molecular flexibility index (Phi) is 2.71. The fourth-order valence-corrected chi connectivity index (χ4v) is 1.59. The molecule has 1 unspecified atom stereocenters. The third-order valence-corrected chi connectivity index (χ3v) is 2.45. The highest BCUT2D eigenvalue weighted by atomic mass is 16.1. The molecule has 1 amide bonds. The van der Waals surface area contributed by atoms with Gasteiger partial charge in [-0.15, -0.1) is 0 Å². The van der Waals surface area contributed by atoms with Crippen molar-refractivity contribution in [3.8, 4) is 0 Å². The molecule has 0 saturated carbocycles. The van der Waals surface area contributed by atoms with Crippen molar-refractivity contribution in [2.45, 2.75) is 18.9 Å². The molecule has 5 heteroatoms. The van der Waals surface area contributed by atoms with E-state index in [0.717, 1.165) is 6.42 Å². The monoisotopic (exact) mass is 206 g/mol. The Bertz CT molecular complexity index is 356. The van der Waals surface area contributed by atoms with Gasteiger partial charge in [0.2, 0.25) is 5.91 Å². The van der Waals surface area contributed by atoms with Gasteiger partial charge >= 0.3 is 0 Å². The molecule has 0 spiro atoms. The first-order chi connectivity index (χ1) is 7.25. The van der Waals surface area contributed by atoms with E-state index in [1.165, 1.54) is 0 Å². The third kappa shape index (κ3) is 2.37. The number of carbonyl (C=O) groups is 1. The molecule has 4 N–H and O–H groups in total. The Labute approximate surface area is 88.1 Å². The van der Waals surface area contributed by atoms with Gasteiger partial charge in [0.1, 0.15) is 5.82 Å². The van der Waals surface area contributed by atoms with Gasteiger partial charge in [0, 0.05) is 25.2 Å². The molecule has 80 valence electrons. The van der Waals surface area contributed by atoms with Gasteiger partial charge in [-0.2, -0.15) is 0 Å². The Morgan fingerprint density at radius 2 is 2.47 bits per heavy atom. The zero-order chi connectivity index (χ0) is 10.7. The molecule has 1 atom stereocenters. The first kappa shape index (κ1) is 9.76. The van der Waals surface area contributed by atoms with Crippen molar-refractivity contribution in [2.75, 3.05) is 17.6 Å². The second-order valence-electron chi connectivity index (χ2n) is 3.63. The maximum Gasteiger partial charge on any atom is 0.220 e. The normalized spacial score (nSPS) is 20.8. The fourth-order valence-electron chi connectivity index (χ4n) is 1.59. The molecule has 0 aliphatic carbocycles. The van der Waals surface area contributed by atoms with E-state index in [2.05, 4.69) is 15.6 Å². The second-order valence-corrected chi connectivity index (χ2v) is 3.63. The zero-order valence-electron chi connectivity index (χ0n) is 8.36. The van der Waals surface area contributed by atoms with E-state index in [1.54, 1.807) is 18.3 Å². The number of nitrogen functional groups attached to an aromatic ring is 1. The number of hydrogen-bond donors (Lipinski definition) is 3. The minimum atomic E-state index is 0.113. The highest BCUT2D eigenvalue weighted by Crippen LogP contribution is 2.16. The van der Waals surface area contributed by atoms with Gasteiger partial charge in [0.15, 0.2) is 0 Å². The number of anilines is 2. The lowest BCUT2D eigenvalue weighted by molar-refractivity contribution is -0.122. The molecule has 0 bridgehead atoms. The maximum atomic E-state index is 10.9. The average Bonchev–Trinajstić information content (AvgIpc) is 2.25. The topological polar surface area (TPSA) is 80.0 Å². The summed E-state index contributed by atoms with van der Waals surface area (Å²) >= 11 is 0. The van der Waals surface area contributed by atoms with E-state index in [4.69, 9.17) is 5.73 Å². The molecule has 2 rings (SSSR count). The van der Waals surface area contributed by atoms with Crippen molar-refractivity contribution in [1.29, 1.82) is 0 Å². The largest absolute Gasteiger partial charge is 0.396 e. The lowest BCUT2D eigenvalue weighted by atomic mass is 10.1. The molecule has 1 saturated heterocycles. The number of hydrogen-bond acceptors (Lipinski definition) is 4. The van der Waals surface area contributed by atoms with Crippen LogP contribution in [0.3, 0.4) is 0 Å². The number of amides is 1. The molecular formula is C10H14N4O. The summed E-state index contributed by atoms with van der Waals surface area (Å²) in [6.45, 7) is 0.634. The molecule has 1 aliphatic rings. The summed E-state index contributed by atoms with van der Waals surface area (Å²) in [5, 5.41) is 6.02. The van der Waals surface area contributed by atoms with Crippen LogP contribution in [0, 0.1) is 0 Å². The average molecular weight is 206 g/mol. The number of rotatable bonds is 2. The van der Waals surface area contributed by atoms with Gasteiger partial charge in [-0.05, 0) is 18.6 Å². The number of nitrogens with two attached hydrogens (primary N) is 1. The predicted molar refractivity (Wildman–Crippen MR) is 58.3 cm³/mol. The van der Waals surface area contributed by atoms with Crippen LogP contribution in [0.4, 0.5) is 11.5 Å². The SMILES string of the molecule is Nc1cccnc1NC1CCC(=O)NC1. The lowest BCUT2D eigenvalue weighted by Crippen LogP contribution is -2.42. The zero-order valence-corrected chi connectivity index (χ0v) is 8.36. The predicted octanol–water partition coefficient (Wildman–Crippen LogP) is 0.354. The van der Waals surface area contributed by atoms with Gasteiger partial charge in [-0.1, -0.05) is 0 Å². The molecule has 2 heterocycles. The van der Waals surface area contributed by atoms with Crippen molar-refractivity contribution in [2.24, 2.45) is 0 Å². The smallest absolute Gasteiger partial charge is 0.220 e. The first-order valence-electron chi connectivity index (χ1n) is 4.99. The molecule has 1 fully saturated rings. The summed E-state index contributed by atoms with van der Waals surface area (Å²) < 4.78 is 0. The Morgan fingerprint density at radius 1 is 1.60 bits per heavy atom. The number of pyridine rings is 1. The summed E-state index contributed by atoms with van der Waals surface area (Å²) in [5.74, 6) is 0.806. The molecule has 0 aromatic carbocycles. The van der Waals surface area contributed by atoms with Crippen molar-refractivity contribution < 1.29 is 4.79 Å². The van der Waals surface area contributed by atoms with E-state index >= 15 is 0 Å².